The molecule has 132 valence electrons. The Labute approximate surface area is 147 Å². The van der Waals surface area contributed by atoms with Crippen molar-refractivity contribution in [3.05, 3.63) is 93.5 Å². The average Bonchev–Trinajstić information content (AvgIpc) is 2.62. The van der Waals surface area contributed by atoms with E-state index < -0.39 is 17.5 Å². The monoisotopic (exact) mass is 355 g/mol. The summed E-state index contributed by atoms with van der Waals surface area (Å²) in [6.45, 7) is 0. The largest absolute Gasteiger partial charge is 0.318 e. The van der Waals surface area contributed by atoms with Crippen LogP contribution in [0.1, 0.15) is 21.5 Å². The highest BCUT2D eigenvalue weighted by Crippen LogP contribution is 2.17. The second-order valence-corrected chi connectivity index (χ2v) is 5.75. The van der Waals surface area contributed by atoms with Crippen molar-refractivity contribution in [2.45, 2.75) is 6.42 Å². The van der Waals surface area contributed by atoms with Crippen molar-refractivity contribution in [3.8, 4) is 0 Å². The number of benzene rings is 1. The van der Waals surface area contributed by atoms with E-state index in [9.17, 15) is 18.4 Å². The Balaban J connectivity index is 1.72. The summed E-state index contributed by atoms with van der Waals surface area (Å²) in [5, 5.41) is 2.61. The summed E-state index contributed by atoms with van der Waals surface area (Å²) >= 11 is 0. The summed E-state index contributed by atoms with van der Waals surface area (Å²) in [7, 11) is 1.55. The fourth-order valence-electron chi connectivity index (χ4n) is 2.43. The molecule has 2 aromatic heterocycles. The molecule has 1 aromatic carbocycles. The summed E-state index contributed by atoms with van der Waals surface area (Å²) < 4.78 is 28.7. The van der Waals surface area contributed by atoms with Crippen LogP contribution in [0.15, 0.2) is 59.7 Å². The minimum absolute atomic E-state index is 0.0312. The first-order chi connectivity index (χ1) is 12.4. The number of nitrogens with zero attached hydrogens (tertiary/aromatic N) is 2. The molecule has 3 aromatic rings. The first kappa shape index (κ1) is 17.5. The number of hydrogen-bond acceptors (Lipinski definition) is 3. The predicted octanol–water partition coefficient (Wildman–Crippen LogP) is 2.90. The zero-order chi connectivity index (χ0) is 18.7. The number of anilines is 1. The van der Waals surface area contributed by atoms with Crippen molar-refractivity contribution in [2.75, 3.05) is 5.32 Å². The van der Waals surface area contributed by atoms with Gasteiger partial charge in [-0.25, -0.2) is 13.8 Å². The van der Waals surface area contributed by atoms with Gasteiger partial charge >= 0.3 is 0 Å². The zero-order valence-electron chi connectivity index (χ0n) is 13.9. The van der Waals surface area contributed by atoms with Crippen LogP contribution in [0.2, 0.25) is 0 Å². The van der Waals surface area contributed by atoms with Gasteiger partial charge in [0.25, 0.3) is 5.91 Å². The number of pyridine rings is 2. The quantitative estimate of drug-likeness (QED) is 0.783. The molecule has 0 radical (unpaired) electrons. The van der Waals surface area contributed by atoms with Crippen LogP contribution in [0.25, 0.3) is 0 Å². The van der Waals surface area contributed by atoms with Crippen LogP contribution in [0.4, 0.5) is 14.6 Å². The van der Waals surface area contributed by atoms with Gasteiger partial charge in [-0.3, -0.25) is 9.59 Å². The van der Waals surface area contributed by atoms with Crippen molar-refractivity contribution in [1.82, 2.24) is 9.55 Å². The molecule has 1 amide bonds. The highest BCUT2D eigenvalue weighted by atomic mass is 19.1. The third kappa shape index (κ3) is 3.83. The van der Waals surface area contributed by atoms with Crippen LogP contribution in [0, 0.1) is 11.6 Å². The van der Waals surface area contributed by atoms with Crippen LogP contribution in [-0.4, -0.2) is 15.5 Å². The molecule has 0 atom stereocenters. The SMILES string of the molecule is Cn1cc(C(=O)Nc2ccc(Cc3c(F)cccc3F)cn2)ccc1=O. The Bertz CT molecular complexity index is 994. The van der Waals surface area contributed by atoms with Gasteiger partial charge in [0.15, 0.2) is 0 Å². The molecule has 3 rings (SSSR count). The zero-order valence-corrected chi connectivity index (χ0v) is 13.9. The number of halogens is 2. The fraction of sp³-hybridized carbons (Fsp3) is 0.105. The number of amides is 1. The van der Waals surface area contributed by atoms with Crippen LogP contribution in [0.3, 0.4) is 0 Å². The van der Waals surface area contributed by atoms with E-state index in [4.69, 9.17) is 0 Å². The Hall–Kier alpha value is -3.35. The number of carbonyl (C=O) groups excluding carboxylic acids is 1. The van der Waals surface area contributed by atoms with Gasteiger partial charge in [0.1, 0.15) is 17.5 Å². The lowest BCUT2D eigenvalue weighted by Gasteiger charge is -2.08. The van der Waals surface area contributed by atoms with Gasteiger partial charge in [-0.2, -0.15) is 0 Å². The molecule has 1 N–H and O–H groups in total. The van der Waals surface area contributed by atoms with Crippen molar-refractivity contribution in [2.24, 2.45) is 7.05 Å². The van der Waals surface area contributed by atoms with Gasteiger partial charge in [0, 0.05) is 37.5 Å². The van der Waals surface area contributed by atoms with Crippen LogP contribution in [0.5, 0.6) is 0 Å². The molecule has 0 aliphatic carbocycles. The van der Waals surface area contributed by atoms with E-state index in [1.807, 2.05) is 0 Å². The Kier molecular flexibility index (Phi) is 4.88. The minimum Gasteiger partial charge on any atom is -0.318 e. The van der Waals surface area contributed by atoms with Crippen LogP contribution < -0.4 is 10.9 Å². The lowest BCUT2D eigenvalue weighted by molar-refractivity contribution is 0.102. The van der Waals surface area contributed by atoms with Crippen LogP contribution >= 0.6 is 0 Å². The molecule has 0 unspecified atom stereocenters. The average molecular weight is 355 g/mol. The van der Waals surface area contributed by atoms with Crippen molar-refractivity contribution in [1.29, 1.82) is 0 Å². The first-order valence-corrected chi connectivity index (χ1v) is 7.80. The second kappa shape index (κ2) is 7.26. The molecular formula is C19H15F2N3O2. The lowest BCUT2D eigenvalue weighted by atomic mass is 10.1. The summed E-state index contributed by atoms with van der Waals surface area (Å²) in [5.74, 6) is -1.35. The maximum atomic E-state index is 13.7. The number of aromatic nitrogens is 2. The van der Waals surface area contributed by atoms with Gasteiger partial charge in [-0.15, -0.1) is 0 Å². The van der Waals surface area contributed by atoms with Crippen molar-refractivity contribution in [3.63, 3.8) is 0 Å². The van der Waals surface area contributed by atoms with Crippen LogP contribution in [-0.2, 0) is 13.5 Å². The maximum absolute atomic E-state index is 13.7. The molecule has 0 saturated carbocycles. The molecule has 0 spiro atoms. The fourth-order valence-corrected chi connectivity index (χ4v) is 2.43. The number of rotatable bonds is 4. The van der Waals surface area contributed by atoms with Gasteiger partial charge in [0.05, 0.1) is 5.56 Å². The molecule has 0 saturated heterocycles. The molecule has 5 nitrogen and oxygen atoms in total. The van der Waals surface area contributed by atoms with Crippen molar-refractivity contribution < 1.29 is 13.6 Å². The first-order valence-electron chi connectivity index (χ1n) is 7.80. The molecular weight excluding hydrogens is 340 g/mol. The molecule has 0 bridgehead atoms. The number of nitrogens with one attached hydrogen (secondary N) is 1. The summed E-state index contributed by atoms with van der Waals surface area (Å²) in [6.07, 6.45) is 2.93. The Morgan fingerprint density at radius 1 is 1.12 bits per heavy atom. The molecule has 2 heterocycles. The van der Waals surface area contributed by atoms with Gasteiger partial charge in [0.2, 0.25) is 5.56 Å². The minimum atomic E-state index is -0.614. The van der Waals surface area contributed by atoms with Gasteiger partial charge in [-0.05, 0) is 29.8 Å². The van der Waals surface area contributed by atoms with E-state index in [1.165, 1.54) is 47.3 Å². The standard InChI is InChI=1S/C19H15F2N3O2/c1-24-11-13(6-8-18(24)25)19(26)23-17-7-5-12(10-22-17)9-14-15(20)3-2-4-16(14)21/h2-8,10-11H,9H2,1H3,(H,22,23,26). The normalized spacial score (nSPS) is 10.6. The topological polar surface area (TPSA) is 64.0 Å². The number of aryl methyl sites for hydroxylation is 1. The van der Waals surface area contributed by atoms with E-state index >= 15 is 0 Å². The summed E-state index contributed by atoms with van der Waals surface area (Å²) in [4.78, 5) is 27.6. The number of carbonyl (C=O) groups is 1. The molecule has 0 aliphatic heterocycles. The summed E-state index contributed by atoms with van der Waals surface area (Å²) in [5.41, 5.74) is 0.668. The molecule has 7 heteroatoms. The molecule has 26 heavy (non-hydrogen) atoms. The number of hydrogen-bond donors (Lipinski definition) is 1. The Morgan fingerprint density at radius 2 is 1.85 bits per heavy atom. The van der Waals surface area contributed by atoms with Gasteiger partial charge in [-0.1, -0.05) is 12.1 Å². The second-order valence-electron chi connectivity index (χ2n) is 5.75. The van der Waals surface area contributed by atoms with E-state index in [-0.39, 0.29) is 17.5 Å². The predicted molar refractivity (Wildman–Crippen MR) is 93.0 cm³/mol. The van der Waals surface area contributed by atoms with E-state index in [1.54, 1.807) is 19.2 Å². The van der Waals surface area contributed by atoms with E-state index in [0.717, 1.165) is 0 Å². The van der Waals surface area contributed by atoms with Gasteiger partial charge < -0.3 is 9.88 Å². The smallest absolute Gasteiger partial charge is 0.258 e. The third-order valence-corrected chi connectivity index (χ3v) is 3.86. The van der Waals surface area contributed by atoms with Crippen molar-refractivity contribution >= 4 is 11.7 Å². The highest BCUT2D eigenvalue weighted by molar-refractivity contribution is 6.03. The molecule has 0 fully saturated rings. The lowest BCUT2D eigenvalue weighted by Crippen LogP contribution is -2.19. The third-order valence-electron chi connectivity index (χ3n) is 3.86. The summed E-state index contributed by atoms with van der Waals surface area (Å²) in [6, 6.07) is 9.62. The van der Waals surface area contributed by atoms with E-state index in [0.29, 0.717) is 16.9 Å². The highest BCUT2D eigenvalue weighted by Gasteiger charge is 2.11. The van der Waals surface area contributed by atoms with E-state index in [2.05, 4.69) is 10.3 Å². The molecule has 0 aliphatic rings. The maximum Gasteiger partial charge on any atom is 0.258 e. The Morgan fingerprint density at radius 3 is 2.46 bits per heavy atom.